The molecule has 0 radical (unpaired) electrons. The summed E-state index contributed by atoms with van der Waals surface area (Å²) < 4.78 is 0. The molecule has 2 heteroatoms. The largest absolute Gasteiger partial charge is 0.389 e. The van der Waals surface area contributed by atoms with Gasteiger partial charge in [0.05, 0.1) is 11.0 Å². The van der Waals surface area contributed by atoms with Gasteiger partial charge >= 0.3 is 0 Å². The summed E-state index contributed by atoms with van der Waals surface area (Å²) in [4.78, 5) is 0. The summed E-state index contributed by atoms with van der Waals surface area (Å²) in [6.07, 6.45) is 22.8. The van der Waals surface area contributed by atoms with Crippen LogP contribution in [0.1, 0.15) is 120 Å². The fraction of sp³-hybridized carbons (Fsp3) is 0.667. The Balaban J connectivity index is 4.11. The van der Waals surface area contributed by atoms with Gasteiger partial charge in [0.2, 0.25) is 0 Å². The summed E-state index contributed by atoms with van der Waals surface area (Å²) in [6, 6.07) is 0. The molecule has 184 valence electrons. The Morgan fingerprint density at radius 3 is 1.34 bits per heavy atom. The lowest BCUT2D eigenvalue weighted by Gasteiger charge is -2.23. The highest BCUT2D eigenvalue weighted by Gasteiger charge is 2.23. The van der Waals surface area contributed by atoms with Gasteiger partial charge in [-0.05, 0) is 120 Å². The van der Waals surface area contributed by atoms with Crippen molar-refractivity contribution in [3.05, 3.63) is 58.2 Å². The summed E-state index contributed by atoms with van der Waals surface area (Å²) in [5.74, 6) is 0. The van der Waals surface area contributed by atoms with Crippen LogP contribution in [0.2, 0.25) is 0 Å². The minimum absolute atomic E-state index is 0.198. The molecule has 0 rings (SSSR count). The van der Waals surface area contributed by atoms with Crippen molar-refractivity contribution in [3.8, 4) is 0 Å². The van der Waals surface area contributed by atoms with E-state index in [0.717, 1.165) is 51.4 Å². The van der Waals surface area contributed by atoms with Crippen LogP contribution in [0, 0.1) is 0 Å². The standard InChI is InChI=1S/C30H51ClO/c1-24(2)14-11-17-27(5)20-12-18-25(3)15-9-10-16-26(4)19-13-21-28(6)22-23-29(31)30(7,8)32/h14-16,20-21,29,32H,9-13,17-19,22-23H2,1-8H3/b25-15+,26-16+,27-20+,28-21+. The fourth-order valence-electron chi connectivity index (χ4n) is 3.46. The lowest BCUT2D eigenvalue weighted by atomic mass is 9.98. The van der Waals surface area contributed by atoms with Crippen LogP contribution in [-0.2, 0) is 0 Å². The maximum absolute atomic E-state index is 9.93. The highest BCUT2D eigenvalue weighted by Crippen LogP contribution is 2.22. The van der Waals surface area contributed by atoms with Crippen LogP contribution in [-0.4, -0.2) is 16.1 Å². The van der Waals surface area contributed by atoms with Crippen LogP contribution in [0.3, 0.4) is 0 Å². The van der Waals surface area contributed by atoms with Crippen molar-refractivity contribution in [3.63, 3.8) is 0 Å². The van der Waals surface area contributed by atoms with Gasteiger partial charge in [-0.3, -0.25) is 0 Å². The molecule has 0 heterocycles. The highest BCUT2D eigenvalue weighted by molar-refractivity contribution is 6.21. The molecule has 0 spiro atoms. The Kier molecular flexibility index (Phi) is 16.9. The number of hydrogen-bond donors (Lipinski definition) is 1. The van der Waals surface area contributed by atoms with Crippen molar-refractivity contribution >= 4 is 11.6 Å². The lowest BCUT2D eigenvalue weighted by molar-refractivity contribution is 0.0731. The second kappa shape index (κ2) is 17.4. The average molecular weight is 463 g/mol. The molecule has 0 saturated carbocycles. The van der Waals surface area contributed by atoms with Crippen molar-refractivity contribution in [2.75, 3.05) is 0 Å². The van der Waals surface area contributed by atoms with Crippen LogP contribution in [0.5, 0.6) is 0 Å². The molecule has 0 aliphatic carbocycles. The second-order valence-electron chi connectivity index (χ2n) is 10.3. The number of unbranched alkanes of at least 4 members (excludes halogenated alkanes) is 1. The van der Waals surface area contributed by atoms with Gasteiger partial charge in [0.25, 0.3) is 0 Å². The van der Waals surface area contributed by atoms with Crippen molar-refractivity contribution < 1.29 is 5.11 Å². The van der Waals surface area contributed by atoms with E-state index in [9.17, 15) is 5.11 Å². The topological polar surface area (TPSA) is 20.2 Å². The maximum Gasteiger partial charge on any atom is 0.0754 e. The van der Waals surface area contributed by atoms with Gasteiger partial charge in [-0.2, -0.15) is 0 Å². The number of halogens is 1. The molecule has 0 fully saturated rings. The monoisotopic (exact) mass is 462 g/mol. The molecule has 32 heavy (non-hydrogen) atoms. The third kappa shape index (κ3) is 18.5. The van der Waals surface area contributed by atoms with Gasteiger partial charge in [0.15, 0.2) is 0 Å². The van der Waals surface area contributed by atoms with Gasteiger partial charge in [0, 0.05) is 0 Å². The van der Waals surface area contributed by atoms with E-state index in [-0.39, 0.29) is 5.38 Å². The zero-order chi connectivity index (χ0) is 24.6. The highest BCUT2D eigenvalue weighted by atomic mass is 35.5. The van der Waals surface area contributed by atoms with E-state index in [2.05, 4.69) is 71.9 Å². The summed E-state index contributed by atoms with van der Waals surface area (Å²) in [5.41, 5.74) is 6.46. The number of alkyl halides is 1. The Morgan fingerprint density at radius 1 is 0.625 bits per heavy atom. The van der Waals surface area contributed by atoms with Crippen molar-refractivity contribution in [1.29, 1.82) is 0 Å². The van der Waals surface area contributed by atoms with E-state index in [4.69, 9.17) is 11.6 Å². The second-order valence-corrected chi connectivity index (χ2v) is 10.9. The molecule has 1 unspecified atom stereocenters. The van der Waals surface area contributed by atoms with E-state index >= 15 is 0 Å². The number of allylic oxidation sites excluding steroid dienone is 10. The van der Waals surface area contributed by atoms with E-state index in [1.54, 1.807) is 13.8 Å². The van der Waals surface area contributed by atoms with Crippen molar-refractivity contribution in [2.45, 2.75) is 131 Å². The zero-order valence-electron chi connectivity index (χ0n) is 22.4. The molecule has 0 aromatic heterocycles. The molecule has 0 aliphatic heterocycles. The number of hydrogen-bond acceptors (Lipinski definition) is 1. The summed E-state index contributed by atoms with van der Waals surface area (Å²) >= 11 is 6.25. The van der Waals surface area contributed by atoms with Gasteiger partial charge in [-0.15, -0.1) is 11.6 Å². The van der Waals surface area contributed by atoms with Crippen molar-refractivity contribution in [2.24, 2.45) is 0 Å². The summed E-state index contributed by atoms with van der Waals surface area (Å²) in [5, 5.41) is 9.73. The molecule has 1 nitrogen and oxygen atoms in total. The summed E-state index contributed by atoms with van der Waals surface area (Å²) in [7, 11) is 0. The molecule has 1 atom stereocenters. The van der Waals surface area contributed by atoms with Crippen molar-refractivity contribution in [1.82, 2.24) is 0 Å². The van der Waals surface area contributed by atoms with Crippen LogP contribution < -0.4 is 0 Å². The van der Waals surface area contributed by atoms with Gasteiger partial charge < -0.3 is 5.11 Å². The Bertz CT molecular complexity index is 663. The van der Waals surface area contributed by atoms with E-state index in [1.165, 1.54) is 40.7 Å². The Morgan fingerprint density at radius 2 is 0.969 bits per heavy atom. The molecule has 0 aliphatic rings. The molecule has 1 N–H and O–H groups in total. The van der Waals surface area contributed by atoms with E-state index in [0.29, 0.717) is 0 Å². The minimum Gasteiger partial charge on any atom is -0.389 e. The SMILES string of the molecule is CC(C)=CCC/C(C)=C/CC/C(C)=C/CC/C=C(\C)CC/C=C(\C)CCC(Cl)C(C)(C)O. The first kappa shape index (κ1) is 30.9. The van der Waals surface area contributed by atoms with E-state index in [1.807, 2.05) is 0 Å². The van der Waals surface area contributed by atoms with Crippen LogP contribution in [0.15, 0.2) is 58.2 Å². The van der Waals surface area contributed by atoms with Crippen LogP contribution in [0.4, 0.5) is 0 Å². The van der Waals surface area contributed by atoms with Gasteiger partial charge in [-0.25, -0.2) is 0 Å². The van der Waals surface area contributed by atoms with Crippen LogP contribution >= 0.6 is 11.6 Å². The maximum atomic E-state index is 9.93. The first-order chi connectivity index (χ1) is 14.9. The molecular formula is C30H51ClO. The lowest BCUT2D eigenvalue weighted by Crippen LogP contribution is -2.31. The Hall–Kier alpha value is -1.05. The molecule has 0 saturated heterocycles. The van der Waals surface area contributed by atoms with Crippen LogP contribution in [0.25, 0.3) is 0 Å². The molecular weight excluding hydrogens is 412 g/mol. The predicted octanol–water partition coefficient (Wildman–Crippen LogP) is 10.0. The molecule has 0 amide bonds. The third-order valence-electron chi connectivity index (χ3n) is 5.87. The first-order valence-corrected chi connectivity index (χ1v) is 13.0. The smallest absolute Gasteiger partial charge is 0.0754 e. The zero-order valence-corrected chi connectivity index (χ0v) is 23.1. The first-order valence-electron chi connectivity index (χ1n) is 12.5. The fourth-order valence-corrected chi connectivity index (χ4v) is 3.57. The summed E-state index contributed by atoms with van der Waals surface area (Å²) in [6.45, 7) is 16.8. The number of rotatable bonds is 16. The quantitative estimate of drug-likeness (QED) is 0.137. The van der Waals surface area contributed by atoms with E-state index < -0.39 is 5.60 Å². The van der Waals surface area contributed by atoms with Gasteiger partial charge in [-0.1, -0.05) is 58.2 Å². The predicted molar refractivity (Wildman–Crippen MR) is 147 cm³/mol. The third-order valence-corrected chi connectivity index (χ3v) is 6.62. The Labute approximate surface area is 205 Å². The molecule has 0 bridgehead atoms. The molecule has 0 aromatic carbocycles. The molecule has 0 aromatic rings. The normalized spacial score (nSPS) is 15.2. The number of aliphatic hydroxyl groups is 1. The average Bonchev–Trinajstić information content (AvgIpc) is 2.68. The van der Waals surface area contributed by atoms with Gasteiger partial charge in [0.1, 0.15) is 0 Å². The minimum atomic E-state index is -0.811.